The summed E-state index contributed by atoms with van der Waals surface area (Å²) in [5.74, 6) is -0.919. The maximum Gasteiger partial charge on any atom is 0.312 e. The quantitative estimate of drug-likeness (QED) is 0.897. The van der Waals surface area contributed by atoms with Crippen molar-refractivity contribution in [1.29, 1.82) is 0 Å². The lowest BCUT2D eigenvalue weighted by Gasteiger charge is -2.48. The van der Waals surface area contributed by atoms with Crippen LogP contribution in [0.5, 0.6) is 0 Å². The normalized spacial score (nSPS) is 27.4. The first-order valence-electron chi connectivity index (χ1n) is 8.93. The van der Waals surface area contributed by atoms with E-state index in [0.717, 1.165) is 48.9 Å². The molecule has 0 bridgehead atoms. The van der Waals surface area contributed by atoms with Crippen LogP contribution in [0.3, 0.4) is 0 Å². The molecule has 0 amide bonds. The number of piperidine rings is 2. The molecular formula is C19H24FN3O2. The van der Waals surface area contributed by atoms with E-state index in [1.165, 1.54) is 6.07 Å². The molecule has 0 spiro atoms. The molecule has 6 heteroatoms. The van der Waals surface area contributed by atoms with E-state index in [-0.39, 0.29) is 11.9 Å². The van der Waals surface area contributed by atoms with E-state index in [1.54, 1.807) is 12.1 Å². The van der Waals surface area contributed by atoms with Crippen LogP contribution in [0.15, 0.2) is 24.3 Å². The molecule has 2 N–H and O–H groups in total. The smallest absolute Gasteiger partial charge is 0.312 e. The average molecular weight is 345 g/mol. The minimum absolute atomic E-state index is 0.0663. The van der Waals surface area contributed by atoms with Gasteiger partial charge in [0.1, 0.15) is 5.82 Å². The average Bonchev–Trinajstić information content (AvgIpc) is 2.89. The Morgan fingerprint density at radius 1 is 1.44 bits per heavy atom. The third kappa shape index (κ3) is 2.73. The predicted molar refractivity (Wildman–Crippen MR) is 93.9 cm³/mol. The van der Waals surface area contributed by atoms with Gasteiger partial charge in [-0.15, -0.1) is 0 Å². The molecule has 5 nitrogen and oxygen atoms in total. The Balaban J connectivity index is 1.59. The highest BCUT2D eigenvalue weighted by Crippen LogP contribution is 2.38. The molecule has 0 saturated carbocycles. The second kappa shape index (κ2) is 6.11. The van der Waals surface area contributed by atoms with Crippen molar-refractivity contribution in [2.75, 3.05) is 19.6 Å². The lowest BCUT2D eigenvalue weighted by atomic mass is 9.70. The summed E-state index contributed by atoms with van der Waals surface area (Å²) >= 11 is 0. The van der Waals surface area contributed by atoms with Crippen LogP contribution in [0.2, 0.25) is 0 Å². The number of aliphatic carboxylic acids is 1. The number of fused-ring (bicyclic) bond motifs is 2. The molecule has 134 valence electrons. The molecule has 4 rings (SSSR count). The summed E-state index contributed by atoms with van der Waals surface area (Å²) in [4.78, 5) is 14.3. The van der Waals surface area contributed by atoms with Crippen LogP contribution in [-0.2, 0) is 18.4 Å². The summed E-state index contributed by atoms with van der Waals surface area (Å²) in [6.45, 7) is 3.04. The first-order valence-corrected chi connectivity index (χ1v) is 8.93. The molecular weight excluding hydrogens is 321 g/mol. The summed E-state index contributed by atoms with van der Waals surface area (Å²) in [5.41, 5.74) is 1.40. The number of benzene rings is 1. The number of nitrogens with one attached hydrogen (secondary N) is 1. The number of halogens is 1. The number of nitrogens with zero attached hydrogens (tertiary/aromatic N) is 2. The zero-order chi connectivity index (χ0) is 17.6. The van der Waals surface area contributed by atoms with Crippen LogP contribution in [0, 0.1) is 11.2 Å². The minimum atomic E-state index is -0.687. The van der Waals surface area contributed by atoms with Gasteiger partial charge in [0.05, 0.1) is 5.41 Å². The largest absolute Gasteiger partial charge is 0.481 e. The highest BCUT2D eigenvalue weighted by atomic mass is 19.1. The zero-order valence-corrected chi connectivity index (χ0v) is 14.5. The molecule has 2 atom stereocenters. The number of carboxylic acids is 1. The van der Waals surface area contributed by atoms with E-state index in [9.17, 15) is 14.3 Å². The van der Waals surface area contributed by atoms with Crippen LogP contribution in [-0.4, -0.2) is 46.2 Å². The van der Waals surface area contributed by atoms with E-state index in [1.807, 2.05) is 13.1 Å². The predicted octanol–water partition coefficient (Wildman–Crippen LogP) is 2.35. The van der Waals surface area contributed by atoms with Gasteiger partial charge in [-0.25, -0.2) is 4.39 Å². The number of aromatic nitrogens is 1. The molecule has 0 unspecified atom stereocenters. The highest BCUT2D eigenvalue weighted by molar-refractivity contribution is 5.81. The van der Waals surface area contributed by atoms with Crippen molar-refractivity contribution in [1.82, 2.24) is 14.8 Å². The number of aryl methyl sites for hydroxylation is 1. The molecule has 1 aromatic heterocycles. The van der Waals surface area contributed by atoms with Gasteiger partial charge in [-0.1, -0.05) is 0 Å². The van der Waals surface area contributed by atoms with Gasteiger partial charge in [0, 0.05) is 49.3 Å². The van der Waals surface area contributed by atoms with E-state index >= 15 is 0 Å². The van der Waals surface area contributed by atoms with Gasteiger partial charge < -0.3 is 15.0 Å². The molecule has 0 radical (unpaired) electrons. The summed E-state index contributed by atoms with van der Waals surface area (Å²) in [6.07, 6.45) is 2.49. The van der Waals surface area contributed by atoms with E-state index < -0.39 is 11.4 Å². The summed E-state index contributed by atoms with van der Waals surface area (Å²) in [5, 5.41) is 14.2. The molecule has 2 saturated heterocycles. The van der Waals surface area contributed by atoms with Gasteiger partial charge in [-0.2, -0.15) is 0 Å². The zero-order valence-electron chi connectivity index (χ0n) is 14.5. The van der Waals surface area contributed by atoms with Crippen molar-refractivity contribution in [3.05, 3.63) is 35.8 Å². The van der Waals surface area contributed by atoms with E-state index in [4.69, 9.17) is 0 Å². The van der Waals surface area contributed by atoms with Crippen LogP contribution in [0.4, 0.5) is 4.39 Å². The third-order valence-electron chi connectivity index (χ3n) is 6.01. The van der Waals surface area contributed by atoms with Crippen LogP contribution in [0.1, 0.15) is 25.0 Å². The molecule has 2 aromatic rings. The number of rotatable bonds is 3. The Labute approximate surface area is 146 Å². The number of carbonyl (C=O) groups is 1. The second-order valence-electron chi connectivity index (χ2n) is 7.47. The van der Waals surface area contributed by atoms with Gasteiger partial charge >= 0.3 is 5.97 Å². The molecule has 2 aliphatic heterocycles. The molecule has 3 heterocycles. The number of hydrogen-bond acceptors (Lipinski definition) is 3. The first-order chi connectivity index (χ1) is 12.0. The maximum absolute atomic E-state index is 13.5. The topological polar surface area (TPSA) is 57.5 Å². The van der Waals surface area contributed by atoms with Crippen LogP contribution >= 0.6 is 0 Å². The van der Waals surface area contributed by atoms with E-state index in [0.29, 0.717) is 13.1 Å². The second-order valence-corrected chi connectivity index (χ2v) is 7.47. The van der Waals surface area contributed by atoms with Crippen molar-refractivity contribution < 1.29 is 14.3 Å². The lowest BCUT2D eigenvalue weighted by molar-refractivity contribution is -0.157. The van der Waals surface area contributed by atoms with E-state index in [2.05, 4.69) is 14.8 Å². The number of hydrogen-bond donors (Lipinski definition) is 2. The molecule has 1 aromatic carbocycles. The molecule has 25 heavy (non-hydrogen) atoms. The van der Waals surface area contributed by atoms with Crippen molar-refractivity contribution in [3.8, 4) is 0 Å². The molecule has 0 aliphatic carbocycles. The molecule has 2 aliphatic rings. The fourth-order valence-electron chi connectivity index (χ4n) is 4.62. The summed E-state index contributed by atoms with van der Waals surface area (Å²) in [6, 6.07) is 6.90. The fraction of sp³-hybridized carbons (Fsp3) is 0.526. The third-order valence-corrected chi connectivity index (χ3v) is 6.01. The van der Waals surface area contributed by atoms with Crippen molar-refractivity contribution in [2.45, 2.75) is 31.8 Å². The fourth-order valence-corrected chi connectivity index (χ4v) is 4.62. The Bertz CT molecular complexity index is 818. The van der Waals surface area contributed by atoms with Crippen LogP contribution < -0.4 is 5.32 Å². The molecule has 2 fully saturated rings. The van der Waals surface area contributed by atoms with Crippen molar-refractivity contribution in [2.24, 2.45) is 12.5 Å². The van der Waals surface area contributed by atoms with Crippen LogP contribution in [0.25, 0.3) is 10.9 Å². The Morgan fingerprint density at radius 3 is 3.08 bits per heavy atom. The van der Waals surface area contributed by atoms with Gasteiger partial charge in [0.2, 0.25) is 0 Å². The van der Waals surface area contributed by atoms with Gasteiger partial charge in [0.15, 0.2) is 0 Å². The minimum Gasteiger partial charge on any atom is -0.481 e. The van der Waals surface area contributed by atoms with Gasteiger partial charge in [0.25, 0.3) is 0 Å². The van der Waals surface area contributed by atoms with Gasteiger partial charge in [-0.05, 0) is 50.1 Å². The lowest BCUT2D eigenvalue weighted by Crippen LogP contribution is -2.62. The Hall–Kier alpha value is -1.92. The van der Waals surface area contributed by atoms with Crippen molar-refractivity contribution in [3.63, 3.8) is 0 Å². The van der Waals surface area contributed by atoms with Gasteiger partial charge in [-0.3, -0.25) is 9.69 Å². The first kappa shape index (κ1) is 16.5. The SMILES string of the molecule is Cn1c(CN2CC[C@@H]3NCCC[C@@]3(C(=O)O)C2)cc2cc(F)ccc21. The summed E-state index contributed by atoms with van der Waals surface area (Å²) < 4.78 is 15.5. The Kier molecular flexibility index (Phi) is 4.04. The highest BCUT2D eigenvalue weighted by Gasteiger charge is 2.50. The summed E-state index contributed by atoms with van der Waals surface area (Å²) in [7, 11) is 1.98. The monoisotopic (exact) mass is 345 g/mol. The number of carboxylic acid groups (broad SMARTS) is 1. The standard InChI is InChI=1S/C19H24FN3O2/c1-22-15(10-13-9-14(20)3-4-16(13)22)11-23-8-5-17-19(12-23,18(24)25)6-2-7-21-17/h3-4,9-10,17,21H,2,5-8,11-12H2,1H3,(H,24,25)/t17-,19+/m0/s1. The van der Waals surface area contributed by atoms with Crippen molar-refractivity contribution >= 4 is 16.9 Å². The Morgan fingerprint density at radius 2 is 2.28 bits per heavy atom. The maximum atomic E-state index is 13.5. The number of likely N-dealkylation sites (tertiary alicyclic amines) is 1.